The van der Waals surface area contributed by atoms with Crippen molar-refractivity contribution in [3.05, 3.63) is 71.3 Å². The lowest BCUT2D eigenvalue weighted by atomic mass is 10.2. The molecule has 0 N–H and O–H groups in total. The van der Waals surface area contributed by atoms with Gasteiger partial charge >= 0.3 is 0 Å². The highest BCUT2D eigenvalue weighted by Crippen LogP contribution is 2.22. The molecule has 3 aromatic rings. The molecule has 0 aliphatic heterocycles. The number of carbonyl (C=O) groups is 1. The maximum Gasteiger partial charge on any atom is 0.279 e. The molecule has 0 spiro atoms. The molecule has 0 atom stereocenters. The molecule has 1 amide bonds. The Bertz CT molecular complexity index is 1170. The third-order valence-electron chi connectivity index (χ3n) is 3.68. The second-order valence-corrected chi connectivity index (χ2v) is 8.63. The highest BCUT2D eigenvalue weighted by molar-refractivity contribution is 7.90. The van der Waals surface area contributed by atoms with E-state index in [2.05, 4.69) is 11.6 Å². The fourth-order valence-corrected chi connectivity index (χ4v) is 4.22. The minimum atomic E-state index is -3.34. The molecule has 134 valence electrons. The van der Waals surface area contributed by atoms with Crippen molar-refractivity contribution < 1.29 is 17.6 Å². The largest absolute Gasteiger partial charge is 0.312 e. The maximum absolute atomic E-state index is 13.0. The molecule has 0 fully saturated rings. The lowest BCUT2D eigenvalue weighted by Gasteiger charge is -2.02. The molecule has 0 saturated heterocycles. The average Bonchev–Trinajstić information content (AvgIpc) is 2.92. The van der Waals surface area contributed by atoms with Crippen LogP contribution >= 0.6 is 11.3 Å². The molecular formula is C18H15FN2O3S2. The highest BCUT2D eigenvalue weighted by Gasteiger charge is 2.13. The number of halogens is 1. The van der Waals surface area contributed by atoms with E-state index in [9.17, 15) is 17.6 Å². The number of amides is 1. The van der Waals surface area contributed by atoms with Gasteiger partial charge in [-0.05, 0) is 42.5 Å². The molecule has 1 heterocycles. The average molecular weight is 390 g/mol. The number of rotatable bonds is 4. The molecule has 1 aromatic heterocycles. The monoisotopic (exact) mass is 390 g/mol. The normalized spacial score (nSPS) is 12.5. The van der Waals surface area contributed by atoms with E-state index < -0.39 is 21.6 Å². The van der Waals surface area contributed by atoms with Crippen molar-refractivity contribution >= 4 is 37.3 Å². The number of fused-ring (bicyclic) bond motifs is 1. The van der Waals surface area contributed by atoms with E-state index in [1.165, 1.54) is 41.7 Å². The number of sulfone groups is 1. The van der Waals surface area contributed by atoms with Crippen LogP contribution in [0.1, 0.15) is 10.4 Å². The Balaban J connectivity index is 2.17. The van der Waals surface area contributed by atoms with Crippen LogP contribution in [0.25, 0.3) is 10.2 Å². The SMILES string of the molecule is C=CCn1c(=NC(=O)c2ccc(F)cc2)sc2cc(S(C)(=O)=O)ccc21. The zero-order valence-electron chi connectivity index (χ0n) is 13.8. The van der Waals surface area contributed by atoms with E-state index in [1.54, 1.807) is 22.8 Å². The van der Waals surface area contributed by atoms with Crippen molar-refractivity contribution in [2.24, 2.45) is 4.99 Å². The van der Waals surface area contributed by atoms with Crippen molar-refractivity contribution in [3.63, 3.8) is 0 Å². The van der Waals surface area contributed by atoms with Crippen molar-refractivity contribution in [2.75, 3.05) is 6.26 Å². The summed E-state index contributed by atoms with van der Waals surface area (Å²) in [6, 6.07) is 9.91. The summed E-state index contributed by atoms with van der Waals surface area (Å²) in [5, 5.41) is 0. The second-order valence-electron chi connectivity index (χ2n) is 5.61. The molecule has 0 unspecified atom stereocenters. The van der Waals surface area contributed by atoms with Gasteiger partial charge in [0.15, 0.2) is 14.6 Å². The fraction of sp³-hybridized carbons (Fsp3) is 0.111. The van der Waals surface area contributed by atoms with Crippen LogP contribution < -0.4 is 4.80 Å². The lowest BCUT2D eigenvalue weighted by Crippen LogP contribution is -2.16. The number of hydrogen-bond donors (Lipinski definition) is 0. The first kappa shape index (κ1) is 18.2. The van der Waals surface area contributed by atoms with Crippen LogP contribution in [0.4, 0.5) is 4.39 Å². The van der Waals surface area contributed by atoms with Crippen LogP contribution in [0.15, 0.2) is 65.0 Å². The molecule has 3 rings (SSSR count). The lowest BCUT2D eigenvalue weighted by molar-refractivity contribution is 0.0998. The first-order valence-corrected chi connectivity index (χ1v) is 10.3. The molecule has 0 aliphatic rings. The third-order valence-corrected chi connectivity index (χ3v) is 5.83. The Kier molecular flexibility index (Phi) is 4.88. The van der Waals surface area contributed by atoms with Gasteiger partial charge in [0, 0.05) is 18.4 Å². The zero-order valence-corrected chi connectivity index (χ0v) is 15.5. The van der Waals surface area contributed by atoms with Crippen LogP contribution in [0, 0.1) is 5.82 Å². The van der Waals surface area contributed by atoms with E-state index in [0.29, 0.717) is 16.0 Å². The van der Waals surface area contributed by atoms with Crippen LogP contribution in [0.2, 0.25) is 0 Å². The molecular weight excluding hydrogens is 375 g/mol. The summed E-state index contributed by atoms with van der Waals surface area (Å²) in [5.41, 5.74) is 1.03. The number of hydrogen-bond acceptors (Lipinski definition) is 4. The first-order chi connectivity index (χ1) is 12.3. The Labute approximate surface area is 153 Å². The summed E-state index contributed by atoms with van der Waals surface area (Å²) in [6.07, 6.45) is 2.81. The van der Waals surface area contributed by atoms with Crippen LogP contribution in [0.3, 0.4) is 0 Å². The van der Waals surface area contributed by atoms with Crippen molar-refractivity contribution in [1.82, 2.24) is 4.57 Å². The van der Waals surface area contributed by atoms with E-state index in [1.807, 2.05) is 0 Å². The van der Waals surface area contributed by atoms with Gasteiger partial charge in [-0.25, -0.2) is 12.8 Å². The van der Waals surface area contributed by atoms with E-state index in [0.717, 1.165) is 11.8 Å². The Morgan fingerprint density at radius 2 is 1.96 bits per heavy atom. The van der Waals surface area contributed by atoms with Gasteiger partial charge in [0.05, 0.1) is 15.1 Å². The van der Waals surface area contributed by atoms with E-state index >= 15 is 0 Å². The van der Waals surface area contributed by atoms with Gasteiger partial charge in [-0.3, -0.25) is 4.79 Å². The summed E-state index contributed by atoms with van der Waals surface area (Å²) in [7, 11) is -3.34. The van der Waals surface area contributed by atoms with Gasteiger partial charge in [-0.1, -0.05) is 17.4 Å². The molecule has 8 heteroatoms. The summed E-state index contributed by atoms with van der Waals surface area (Å²) in [4.78, 5) is 17.1. The number of carbonyl (C=O) groups excluding carboxylic acids is 1. The van der Waals surface area contributed by atoms with E-state index in [-0.39, 0.29) is 10.5 Å². The molecule has 0 saturated carbocycles. The molecule has 0 aliphatic carbocycles. The zero-order chi connectivity index (χ0) is 18.9. The topological polar surface area (TPSA) is 68.5 Å². The number of benzene rings is 2. The molecule has 0 radical (unpaired) electrons. The molecule has 0 bridgehead atoms. The smallest absolute Gasteiger partial charge is 0.279 e. The Morgan fingerprint density at radius 1 is 1.27 bits per heavy atom. The Morgan fingerprint density at radius 3 is 2.58 bits per heavy atom. The second kappa shape index (κ2) is 6.97. The van der Waals surface area contributed by atoms with Crippen LogP contribution in [-0.2, 0) is 16.4 Å². The van der Waals surface area contributed by atoms with Gasteiger partial charge in [0.1, 0.15) is 5.82 Å². The van der Waals surface area contributed by atoms with Gasteiger partial charge in [-0.15, -0.1) is 6.58 Å². The summed E-state index contributed by atoms with van der Waals surface area (Å²) in [6.45, 7) is 4.12. The van der Waals surface area contributed by atoms with Gasteiger partial charge in [-0.2, -0.15) is 4.99 Å². The van der Waals surface area contributed by atoms with Gasteiger partial charge in [0.25, 0.3) is 5.91 Å². The van der Waals surface area contributed by atoms with Crippen molar-refractivity contribution in [2.45, 2.75) is 11.4 Å². The number of nitrogens with zero attached hydrogens (tertiary/aromatic N) is 2. The van der Waals surface area contributed by atoms with Gasteiger partial charge < -0.3 is 4.57 Å². The first-order valence-electron chi connectivity index (χ1n) is 7.58. The molecule has 5 nitrogen and oxygen atoms in total. The standard InChI is InChI=1S/C18H15FN2O3S2/c1-3-10-21-15-9-8-14(26(2,23)24)11-16(15)25-18(21)20-17(22)12-4-6-13(19)7-5-12/h3-9,11H,1,10H2,2H3. The predicted octanol–water partition coefficient (Wildman–Crippen LogP) is 3.17. The van der Waals surface area contributed by atoms with Crippen molar-refractivity contribution in [1.29, 1.82) is 0 Å². The predicted molar refractivity (Wildman–Crippen MR) is 99.4 cm³/mol. The third kappa shape index (κ3) is 3.66. The quantitative estimate of drug-likeness (QED) is 0.643. The van der Waals surface area contributed by atoms with Crippen LogP contribution in [-0.4, -0.2) is 25.1 Å². The summed E-state index contributed by atoms with van der Waals surface area (Å²) in [5.74, 6) is -0.934. The number of allylic oxidation sites excluding steroid dienone is 1. The minimum Gasteiger partial charge on any atom is -0.312 e. The Hall–Kier alpha value is -2.58. The number of aromatic nitrogens is 1. The fourth-order valence-electron chi connectivity index (χ4n) is 2.42. The highest BCUT2D eigenvalue weighted by atomic mass is 32.2. The van der Waals surface area contributed by atoms with E-state index in [4.69, 9.17) is 0 Å². The molecule has 26 heavy (non-hydrogen) atoms. The van der Waals surface area contributed by atoms with Gasteiger partial charge in [0.2, 0.25) is 0 Å². The summed E-state index contributed by atoms with van der Waals surface area (Å²) < 4.78 is 39.0. The van der Waals surface area contributed by atoms with Crippen LogP contribution in [0.5, 0.6) is 0 Å². The number of thiazole rings is 1. The van der Waals surface area contributed by atoms with Crippen molar-refractivity contribution in [3.8, 4) is 0 Å². The molecule has 2 aromatic carbocycles. The summed E-state index contributed by atoms with van der Waals surface area (Å²) >= 11 is 1.21. The maximum atomic E-state index is 13.0. The minimum absolute atomic E-state index is 0.202.